The highest BCUT2D eigenvalue weighted by molar-refractivity contribution is 4.88. The van der Waals surface area contributed by atoms with E-state index in [2.05, 4.69) is 46.8 Å². The summed E-state index contributed by atoms with van der Waals surface area (Å²) in [5.74, 6) is 2.45. The summed E-state index contributed by atoms with van der Waals surface area (Å²) < 4.78 is 0. The summed E-state index contributed by atoms with van der Waals surface area (Å²) in [5, 5.41) is 0. The van der Waals surface area contributed by atoms with Crippen LogP contribution >= 0.6 is 0 Å². The van der Waals surface area contributed by atoms with E-state index in [1.165, 1.54) is 19.3 Å². The fraction of sp³-hybridized carbons (Fsp3) is 0.846. The molecule has 0 heterocycles. The Labute approximate surface area is 84.4 Å². The summed E-state index contributed by atoms with van der Waals surface area (Å²) in [7, 11) is 0. The molecule has 0 atom stereocenters. The van der Waals surface area contributed by atoms with Crippen LogP contribution in [0.3, 0.4) is 0 Å². The van der Waals surface area contributed by atoms with Crippen LogP contribution in [0.4, 0.5) is 0 Å². The minimum atomic E-state index is 0.806. The van der Waals surface area contributed by atoms with Crippen molar-refractivity contribution in [3.63, 3.8) is 0 Å². The molecule has 78 valence electrons. The van der Waals surface area contributed by atoms with Crippen LogP contribution in [0.2, 0.25) is 0 Å². The molecule has 0 amide bonds. The number of hydrogen-bond acceptors (Lipinski definition) is 0. The van der Waals surface area contributed by atoms with Gasteiger partial charge in [0.2, 0.25) is 0 Å². The first-order valence-corrected chi connectivity index (χ1v) is 5.72. The lowest BCUT2D eigenvalue weighted by molar-refractivity contribution is 0.400. The molecule has 0 unspecified atom stereocenters. The Morgan fingerprint density at radius 2 is 1.38 bits per heavy atom. The van der Waals surface area contributed by atoms with Crippen LogP contribution in [-0.4, -0.2) is 0 Å². The minimum Gasteiger partial charge on any atom is -0.0885 e. The highest BCUT2D eigenvalue weighted by Crippen LogP contribution is 2.21. The van der Waals surface area contributed by atoms with Crippen molar-refractivity contribution in [2.75, 3.05) is 0 Å². The summed E-state index contributed by atoms with van der Waals surface area (Å²) in [6.07, 6.45) is 8.59. The highest BCUT2D eigenvalue weighted by Gasteiger charge is 2.08. The van der Waals surface area contributed by atoms with Gasteiger partial charge in [-0.05, 0) is 37.0 Å². The number of rotatable bonds is 6. The van der Waals surface area contributed by atoms with E-state index in [0.29, 0.717) is 0 Å². The lowest BCUT2D eigenvalue weighted by Gasteiger charge is -2.17. The third-order valence-corrected chi connectivity index (χ3v) is 2.19. The quantitative estimate of drug-likeness (QED) is 0.524. The predicted molar refractivity (Wildman–Crippen MR) is 61.8 cm³/mol. The van der Waals surface area contributed by atoms with Gasteiger partial charge >= 0.3 is 0 Å². The largest absolute Gasteiger partial charge is 0.0885 e. The summed E-state index contributed by atoms with van der Waals surface area (Å²) in [5.41, 5.74) is 0. The molecule has 0 aliphatic rings. The molecule has 0 saturated heterocycles. The maximum absolute atomic E-state index is 2.42. The zero-order valence-electron chi connectivity index (χ0n) is 10.0. The summed E-state index contributed by atoms with van der Waals surface area (Å²) in [6.45, 7) is 11.5. The van der Waals surface area contributed by atoms with Crippen molar-refractivity contribution in [3.8, 4) is 0 Å². The van der Waals surface area contributed by atoms with Crippen molar-refractivity contribution in [2.45, 2.75) is 53.9 Å². The molecular formula is C13H26. The van der Waals surface area contributed by atoms with Crippen molar-refractivity contribution in [3.05, 3.63) is 12.2 Å². The van der Waals surface area contributed by atoms with E-state index < -0.39 is 0 Å². The Morgan fingerprint density at radius 3 is 1.69 bits per heavy atom. The fourth-order valence-electron chi connectivity index (χ4n) is 1.79. The van der Waals surface area contributed by atoms with Gasteiger partial charge in [0.05, 0.1) is 0 Å². The fourth-order valence-corrected chi connectivity index (χ4v) is 1.79. The second kappa shape index (κ2) is 7.17. The molecule has 0 aliphatic carbocycles. The first kappa shape index (κ1) is 12.7. The van der Waals surface area contributed by atoms with Gasteiger partial charge in [0.25, 0.3) is 0 Å². The van der Waals surface area contributed by atoms with Crippen LogP contribution in [-0.2, 0) is 0 Å². The van der Waals surface area contributed by atoms with Gasteiger partial charge in [0.15, 0.2) is 0 Å². The molecule has 0 aliphatic heterocycles. The van der Waals surface area contributed by atoms with Crippen LogP contribution in [0.15, 0.2) is 12.2 Å². The van der Waals surface area contributed by atoms with Crippen molar-refractivity contribution in [1.82, 2.24) is 0 Å². The van der Waals surface area contributed by atoms with Crippen LogP contribution in [0.25, 0.3) is 0 Å². The number of allylic oxidation sites excluding steroid dienone is 2. The zero-order valence-corrected chi connectivity index (χ0v) is 10.0. The van der Waals surface area contributed by atoms with Crippen molar-refractivity contribution >= 4 is 0 Å². The molecule has 0 heteroatoms. The van der Waals surface area contributed by atoms with Crippen molar-refractivity contribution in [2.24, 2.45) is 17.8 Å². The van der Waals surface area contributed by atoms with Crippen molar-refractivity contribution in [1.29, 1.82) is 0 Å². The molecule has 0 rings (SSSR count). The maximum Gasteiger partial charge on any atom is -0.0229 e. The molecule has 0 saturated carbocycles. The Balaban J connectivity index is 3.95. The first-order chi connectivity index (χ1) is 6.06. The Bertz CT molecular complexity index is 121. The van der Waals surface area contributed by atoms with Gasteiger partial charge < -0.3 is 0 Å². The van der Waals surface area contributed by atoms with E-state index >= 15 is 0 Å². The van der Waals surface area contributed by atoms with Gasteiger partial charge in [-0.25, -0.2) is 0 Å². The lowest BCUT2D eigenvalue weighted by atomic mass is 9.89. The van der Waals surface area contributed by atoms with E-state index in [1.807, 2.05) is 0 Å². The third kappa shape index (κ3) is 8.08. The second-order valence-electron chi connectivity index (χ2n) is 4.86. The predicted octanol–water partition coefficient (Wildman–Crippen LogP) is 4.66. The molecule has 0 aromatic heterocycles. The van der Waals surface area contributed by atoms with Gasteiger partial charge in [0, 0.05) is 0 Å². The molecule has 0 bridgehead atoms. The third-order valence-electron chi connectivity index (χ3n) is 2.19. The van der Waals surface area contributed by atoms with E-state index in [0.717, 1.165) is 17.8 Å². The summed E-state index contributed by atoms with van der Waals surface area (Å²) in [4.78, 5) is 0. The van der Waals surface area contributed by atoms with E-state index in [9.17, 15) is 0 Å². The minimum absolute atomic E-state index is 0.806. The molecule has 0 fully saturated rings. The monoisotopic (exact) mass is 182 g/mol. The standard InChI is InChI=1S/C13H26/c1-6-7-8-13(9-11(2)3)10-12(4)5/h7-8,11-13H,6,9-10H2,1-5H3. The van der Waals surface area contributed by atoms with Gasteiger partial charge in [-0.3, -0.25) is 0 Å². The molecule has 0 aromatic carbocycles. The molecule has 0 N–H and O–H groups in total. The van der Waals surface area contributed by atoms with Gasteiger partial charge in [-0.15, -0.1) is 0 Å². The smallest absolute Gasteiger partial charge is 0.0229 e. The Hall–Kier alpha value is -0.260. The SMILES string of the molecule is CCC=CC(CC(C)C)CC(C)C. The summed E-state index contributed by atoms with van der Waals surface area (Å²) >= 11 is 0. The normalized spacial score (nSPS) is 12.6. The van der Waals surface area contributed by atoms with Crippen LogP contribution in [0.5, 0.6) is 0 Å². The molecule has 0 radical (unpaired) electrons. The van der Waals surface area contributed by atoms with E-state index in [4.69, 9.17) is 0 Å². The Kier molecular flexibility index (Phi) is 7.03. The average molecular weight is 182 g/mol. The van der Waals surface area contributed by atoms with Crippen LogP contribution < -0.4 is 0 Å². The van der Waals surface area contributed by atoms with E-state index in [-0.39, 0.29) is 0 Å². The zero-order chi connectivity index (χ0) is 10.3. The van der Waals surface area contributed by atoms with Crippen LogP contribution in [0, 0.1) is 17.8 Å². The second-order valence-corrected chi connectivity index (χ2v) is 4.86. The maximum atomic E-state index is 2.42. The summed E-state index contributed by atoms with van der Waals surface area (Å²) in [6, 6.07) is 0. The van der Waals surface area contributed by atoms with Gasteiger partial charge in [0.1, 0.15) is 0 Å². The molecule has 0 aromatic rings. The van der Waals surface area contributed by atoms with Crippen molar-refractivity contribution < 1.29 is 0 Å². The molecule has 0 spiro atoms. The molecular weight excluding hydrogens is 156 g/mol. The van der Waals surface area contributed by atoms with Gasteiger partial charge in [-0.2, -0.15) is 0 Å². The van der Waals surface area contributed by atoms with E-state index in [1.54, 1.807) is 0 Å². The Morgan fingerprint density at radius 1 is 0.923 bits per heavy atom. The number of hydrogen-bond donors (Lipinski definition) is 0. The molecule has 0 nitrogen and oxygen atoms in total. The van der Waals surface area contributed by atoms with Crippen LogP contribution in [0.1, 0.15) is 53.9 Å². The first-order valence-electron chi connectivity index (χ1n) is 5.72. The average Bonchev–Trinajstić information content (AvgIpc) is 1.98. The van der Waals surface area contributed by atoms with Gasteiger partial charge in [-0.1, -0.05) is 46.8 Å². The topological polar surface area (TPSA) is 0 Å². The molecule has 13 heavy (non-hydrogen) atoms. The highest BCUT2D eigenvalue weighted by atomic mass is 14.1. The lowest BCUT2D eigenvalue weighted by Crippen LogP contribution is -2.05.